The van der Waals surface area contributed by atoms with Gasteiger partial charge in [0.15, 0.2) is 0 Å². The lowest BCUT2D eigenvalue weighted by Crippen LogP contribution is -2.37. The Morgan fingerprint density at radius 3 is 2.68 bits per heavy atom. The molecule has 0 aromatic heterocycles. The molecule has 2 aliphatic heterocycles. The van der Waals surface area contributed by atoms with E-state index >= 15 is 0 Å². The van der Waals surface area contributed by atoms with Crippen LogP contribution in [0.4, 0.5) is 0 Å². The average molecular weight is 259 g/mol. The molecule has 0 saturated carbocycles. The van der Waals surface area contributed by atoms with Crippen LogP contribution in [0.3, 0.4) is 0 Å². The van der Waals surface area contributed by atoms with Crippen LogP contribution < -0.4 is 0 Å². The largest absolute Gasteiger partial charge is 0.381 e. The molecule has 0 radical (unpaired) electrons. The molecular formula is C16H21NO2. The Hall–Kier alpha value is -1.35. The molecule has 1 aromatic carbocycles. The maximum Gasteiger partial charge on any atom is 0.227 e. The highest BCUT2D eigenvalue weighted by Gasteiger charge is 2.23. The van der Waals surface area contributed by atoms with E-state index in [1.54, 1.807) is 0 Å². The summed E-state index contributed by atoms with van der Waals surface area (Å²) in [6.45, 7) is 3.47. The first kappa shape index (κ1) is 12.7. The minimum atomic E-state index is 0.283. The summed E-state index contributed by atoms with van der Waals surface area (Å²) in [5.74, 6) is 1.02. The van der Waals surface area contributed by atoms with Crippen LogP contribution in [0.1, 0.15) is 30.4 Å². The lowest BCUT2D eigenvalue weighted by molar-refractivity contribution is -0.132. The first-order chi connectivity index (χ1) is 9.33. The molecule has 19 heavy (non-hydrogen) atoms. The monoisotopic (exact) mass is 259 g/mol. The van der Waals surface area contributed by atoms with Gasteiger partial charge in [-0.05, 0) is 36.3 Å². The highest BCUT2D eigenvalue weighted by atomic mass is 16.5. The van der Waals surface area contributed by atoms with Crippen LogP contribution in [-0.2, 0) is 22.5 Å². The van der Waals surface area contributed by atoms with E-state index in [0.717, 1.165) is 51.5 Å². The molecule has 1 saturated heterocycles. The van der Waals surface area contributed by atoms with Gasteiger partial charge in [-0.1, -0.05) is 24.3 Å². The number of carbonyl (C=O) groups excluding carboxylic acids is 1. The Bertz CT molecular complexity index is 452. The van der Waals surface area contributed by atoms with Gasteiger partial charge in [0.2, 0.25) is 5.91 Å². The van der Waals surface area contributed by atoms with Crippen molar-refractivity contribution in [1.29, 1.82) is 0 Å². The first-order valence-electron chi connectivity index (χ1n) is 7.25. The van der Waals surface area contributed by atoms with Crippen molar-refractivity contribution in [2.75, 3.05) is 19.8 Å². The molecule has 3 heteroatoms. The topological polar surface area (TPSA) is 29.5 Å². The number of nitrogens with zero attached hydrogens (tertiary/aromatic N) is 1. The van der Waals surface area contributed by atoms with Crippen molar-refractivity contribution < 1.29 is 9.53 Å². The maximum atomic E-state index is 12.1. The number of ether oxygens (including phenoxy) is 1. The number of amides is 1. The third-order valence-corrected chi connectivity index (χ3v) is 4.32. The van der Waals surface area contributed by atoms with Gasteiger partial charge < -0.3 is 9.64 Å². The van der Waals surface area contributed by atoms with E-state index in [0.29, 0.717) is 6.42 Å². The van der Waals surface area contributed by atoms with Crippen molar-refractivity contribution in [3.8, 4) is 0 Å². The van der Waals surface area contributed by atoms with Crippen molar-refractivity contribution in [2.24, 2.45) is 5.92 Å². The summed E-state index contributed by atoms with van der Waals surface area (Å²) < 4.78 is 5.38. The van der Waals surface area contributed by atoms with Crippen LogP contribution in [0.5, 0.6) is 0 Å². The SMILES string of the molecule is O=C1Cc2ccccc2CN1CCC1CCOCC1. The Morgan fingerprint density at radius 2 is 1.89 bits per heavy atom. The van der Waals surface area contributed by atoms with Crippen LogP contribution in [-0.4, -0.2) is 30.6 Å². The summed E-state index contributed by atoms with van der Waals surface area (Å²) in [4.78, 5) is 14.2. The number of hydrogen-bond acceptors (Lipinski definition) is 2. The van der Waals surface area contributed by atoms with Gasteiger partial charge in [-0.3, -0.25) is 4.79 Å². The molecule has 1 fully saturated rings. The normalized spacial score (nSPS) is 20.4. The standard InChI is InChI=1S/C16H21NO2/c18-16-11-14-3-1-2-4-15(14)12-17(16)8-5-13-6-9-19-10-7-13/h1-4,13H,5-12H2. The predicted octanol–water partition coefficient (Wildman–Crippen LogP) is 2.39. The number of carbonyl (C=O) groups is 1. The quantitative estimate of drug-likeness (QED) is 0.834. The minimum Gasteiger partial charge on any atom is -0.381 e. The lowest BCUT2D eigenvalue weighted by Gasteiger charge is -2.31. The number of benzene rings is 1. The second-order valence-electron chi connectivity index (χ2n) is 5.61. The summed E-state index contributed by atoms with van der Waals surface area (Å²) in [7, 11) is 0. The molecule has 0 spiro atoms. The predicted molar refractivity (Wildman–Crippen MR) is 73.7 cm³/mol. The highest BCUT2D eigenvalue weighted by molar-refractivity contribution is 5.80. The third kappa shape index (κ3) is 2.98. The van der Waals surface area contributed by atoms with E-state index in [2.05, 4.69) is 18.2 Å². The zero-order chi connectivity index (χ0) is 13.1. The molecule has 0 N–H and O–H groups in total. The molecule has 0 atom stereocenters. The molecular weight excluding hydrogens is 238 g/mol. The summed E-state index contributed by atoms with van der Waals surface area (Å²) >= 11 is 0. The molecule has 1 amide bonds. The summed E-state index contributed by atoms with van der Waals surface area (Å²) in [5.41, 5.74) is 2.52. The van der Waals surface area contributed by atoms with E-state index in [9.17, 15) is 4.79 Å². The van der Waals surface area contributed by atoms with Crippen molar-refractivity contribution in [1.82, 2.24) is 4.90 Å². The highest BCUT2D eigenvalue weighted by Crippen LogP contribution is 2.23. The first-order valence-corrected chi connectivity index (χ1v) is 7.25. The van der Waals surface area contributed by atoms with Crippen LogP contribution in [0.25, 0.3) is 0 Å². The van der Waals surface area contributed by atoms with Gasteiger partial charge in [0, 0.05) is 26.3 Å². The average Bonchev–Trinajstić information content (AvgIpc) is 2.46. The molecule has 1 aromatic rings. The van der Waals surface area contributed by atoms with Crippen LogP contribution in [0.2, 0.25) is 0 Å². The van der Waals surface area contributed by atoms with Gasteiger partial charge in [0.1, 0.15) is 0 Å². The van der Waals surface area contributed by atoms with Gasteiger partial charge in [-0.15, -0.1) is 0 Å². The van der Waals surface area contributed by atoms with E-state index in [1.165, 1.54) is 11.1 Å². The van der Waals surface area contributed by atoms with E-state index in [1.807, 2.05) is 11.0 Å². The third-order valence-electron chi connectivity index (χ3n) is 4.32. The molecule has 3 rings (SSSR count). The maximum absolute atomic E-state index is 12.1. The minimum absolute atomic E-state index is 0.283. The molecule has 0 bridgehead atoms. The Labute approximate surface area is 114 Å². The fraction of sp³-hybridized carbons (Fsp3) is 0.562. The van der Waals surface area contributed by atoms with Crippen molar-refractivity contribution >= 4 is 5.91 Å². The lowest BCUT2D eigenvalue weighted by atomic mass is 9.95. The Morgan fingerprint density at radius 1 is 1.16 bits per heavy atom. The van der Waals surface area contributed by atoms with Crippen LogP contribution in [0.15, 0.2) is 24.3 Å². The van der Waals surface area contributed by atoms with Gasteiger partial charge in [0.05, 0.1) is 6.42 Å². The van der Waals surface area contributed by atoms with Crippen LogP contribution in [0, 0.1) is 5.92 Å². The Kier molecular flexibility index (Phi) is 3.83. The Balaban J connectivity index is 1.58. The summed E-state index contributed by atoms with van der Waals surface area (Å²) in [5, 5.41) is 0. The van der Waals surface area contributed by atoms with Gasteiger partial charge in [-0.25, -0.2) is 0 Å². The van der Waals surface area contributed by atoms with Gasteiger partial charge in [0.25, 0.3) is 0 Å². The second-order valence-corrected chi connectivity index (χ2v) is 5.61. The fourth-order valence-corrected chi connectivity index (χ4v) is 3.03. The summed E-state index contributed by atoms with van der Waals surface area (Å²) in [6.07, 6.45) is 4.00. The molecule has 0 aliphatic carbocycles. The molecule has 2 aliphatic rings. The van der Waals surface area contributed by atoms with E-state index in [-0.39, 0.29) is 5.91 Å². The smallest absolute Gasteiger partial charge is 0.227 e. The molecule has 102 valence electrons. The van der Waals surface area contributed by atoms with E-state index in [4.69, 9.17) is 4.74 Å². The number of hydrogen-bond donors (Lipinski definition) is 0. The second kappa shape index (κ2) is 5.74. The van der Waals surface area contributed by atoms with Crippen molar-refractivity contribution in [2.45, 2.75) is 32.2 Å². The fourth-order valence-electron chi connectivity index (χ4n) is 3.03. The van der Waals surface area contributed by atoms with Crippen molar-refractivity contribution in [3.05, 3.63) is 35.4 Å². The van der Waals surface area contributed by atoms with E-state index < -0.39 is 0 Å². The zero-order valence-corrected chi connectivity index (χ0v) is 11.3. The number of rotatable bonds is 3. The van der Waals surface area contributed by atoms with Gasteiger partial charge in [-0.2, -0.15) is 0 Å². The molecule has 0 unspecified atom stereocenters. The molecule has 3 nitrogen and oxygen atoms in total. The summed E-state index contributed by atoms with van der Waals surface area (Å²) in [6, 6.07) is 8.29. The van der Waals surface area contributed by atoms with Gasteiger partial charge >= 0.3 is 0 Å². The molecule has 2 heterocycles. The number of fused-ring (bicyclic) bond motifs is 1. The zero-order valence-electron chi connectivity index (χ0n) is 11.3. The van der Waals surface area contributed by atoms with Crippen molar-refractivity contribution in [3.63, 3.8) is 0 Å². The van der Waals surface area contributed by atoms with Crippen LogP contribution >= 0.6 is 0 Å².